The molecular formula is C29H23N3O5. The Morgan fingerprint density at radius 2 is 1.65 bits per heavy atom. The van der Waals surface area contributed by atoms with Crippen LogP contribution in [0.1, 0.15) is 27.1 Å². The Morgan fingerprint density at radius 3 is 2.38 bits per heavy atom. The molecule has 0 atom stereocenters. The molecule has 6 rings (SSSR count). The Bertz CT molecular complexity index is 1700. The van der Waals surface area contributed by atoms with Crippen molar-refractivity contribution in [1.29, 1.82) is 0 Å². The van der Waals surface area contributed by atoms with Crippen molar-refractivity contribution in [3.8, 4) is 17.2 Å². The van der Waals surface area contributed by atoms with Crippen LogP contribution < -0.4 is 15.1 Å². The van der Waals surface area contributed by atoms with Crippen LogP contribution in [-0.4, -0.2) is 48.9 Å². The fourth-order valence-corrected chi connectivity index (χ4v) is 4.66. The molecule has 1 aliphatic carbocycles. The highest BCUT2D eigenvalue weighted by Crippen LogP contribution is 2.33. The molecular weight excluding hydrogens is 470 g/mol. The number of hydrogen-bond donors (Lipinski definition) is 0. The summed E-state index contributed by atoms with van der Waals surface area (Å²) in [4.78, 5) is 45.9. The van der Waals surface area contributed by atoms with Crippen molar-refractivity contribution >= 4 is 39.4 Å². The third-order valence-electron chi connectivity index (χ3n) is 6.59. The van der Waals surface area contributed by atoms with Gasteiger partial charge < -0.3 is 14.1 Å². The minimum atomic E-state index is -0.277. The van der Waals surface area contributed by atoms with Gasteiger partial charge in [-0.05, 0) is 48.9 Å². The number of amides is 2. The second-order valence-corrected chi connectivity index (χ2v) is 9.20. The van der Waals surface area contributed by atoms with E-state index in [0.29, 0.717) is 63.2 Å². The maximum Gasteiger partial charge on any atom is 0.261 e. The third kappa shape index (κ3) is 3.87. The summed E-state index contributed by atoms with van der Waals surface area (Å²) in [5, 5.41) is 1.17. The number of aromatic nitrogens is 1. The van der Waals surface area contributed by atoms with Crippen LogP contribution in [0.5, 0.6) is 5.75 Å². The predicted molar refractivity (Wildman–Crippen MR) is 141 cm³/mol. The van der Waals surface area contributed by atoms with E-state index in [1.807, 2.05) is 37.2 Å². The summed E-state index contributed by atoms with van der Waals surface area (Å²) in [5.74, 6) is 0.413. The summed E-state index contributed by atoms with van der Waals surface area (Å²) < 4.78 is 12.0. The molecule has 0 N–H and O–H groups in total. The van der Waals surface area contributed by atoms with Gasteiger partial charge in [-0.25, -0.2) is 4.98 Å². The lowest BCUT2D eigenvalue weighted by atomic mass is 10.0. The van der Waals surface area contributed by atoms with Crippen LogP contribution in [-0.2, 0) is 0 Å². The molecule has 2 aliphatic heterocycles. The van der Waals surface area contributed by atoms with E-state index in [2.05, 4.69) is 0 Å². The van der Waals surface area contributed by atoms with E-state index < -0.39 is 0 Å². The van der Waals surface area contributed by atoms with Gasteiger partial charge in [0.1, 0.15) is 17.0 Å². The van der Waals surface area contributed by atoms with Crippen LogP contribution in [0.4, 0.5) is 5.69 Å². The average Bonchev–Trinajstić information content (AvgIpc) is 3.14. The van der Waals surface area contributed by atoms with Gasteiger partial charge in [-0.15, -0.1) is 0 Å². The number of hydrogen-bond acceptors (Lipinski definition) is 7. The number of benzene rings is 4. The number of ether oxygens (including phenoxy) is 1. The Morgan fingerprint density at radius 1 is 0.892 bits per heavy atom. The first-order chi connectivity index (χ1) is 17.9. The van der Waals surface area contributed by atoms with Gasteiger partial charge >= 0.3 is 0 Å². The molecule has 3 aliphatic rings. The summed E-state index contributed by atoms with van der Waals surface area (Å²) >= 11 is 0. The molecule has 0 unspecified atom stereocenters. The van der Waals surface area contributed by atoms with Crippen molar-refractivity contribution < 1.29 is 18.7 Å². The van der Waals surface area contributed by atoms with Gasteiger partial charge in [0.2, 0.25) is 0 Å². The van der Waals surface area contributed by atoms with Crippen molar-refractivity contribution in [3.63, 3.8) is 0 Å². The Kier molecular flexibility index (Phi) is 5.37. The molecule has 0 spiro atoms. The minimum Gasteiger partial charge on any atom is -0.494 e. The second kappa shape index (κ2) is 8.74. The molecule has 2 amide bonds. The molecule has 8 nitrogen and oxygen atoms in total. The molecule has 2 heterocycles. The Labute approximate surface area is 212 Å². The number of rotatable bonds is 6. The quantitative estimate of drug-likeness (QED) is 0.148. The number of imide groups is 1. The van der Waals surface area contributed by atoms with Crippen molar-refractivity contribution in [2.24, 2.45) is 0 Å². The third-order valence-corrected chi connectivity index (χ3v) is 6.59. The molecule has 0 aromatic heterocycles. The fraction of sp³-hybridized carbons (Fsp3) is 0.172. The SMILES string of the molecule is CN(C)c1ccc2nc3c4cc(OCCCN5C(=O)c6ccccc6C5=O)ccc4c(=O)cc-3oc2c1. The molecule has 0 fully saturated rings. The maximum atomic E-state index is 12.8. The summed E-state index contributed by atoms with van der Waals surface area (Å²) in [6.07, 6.45) is 0.471. The van der Waals surface area contributed by atoms with Gasteiger partial charge in [0.15, 0.2) is 16.8 Å². The van der Waals surface area contributed by atoms with E-state index >= 15 is 0 Å². The van der Waals surface area contributed by atoms with E-state index in [1.165, 1.54) is 11.0 Å². The Balaban J connectivity index is 1.23. The average molecular weight is 494 g/mol. The summed E-state index contributed by atoms with van der Waals surface area (Å²) in [7, 11) is 3.89. The molecule has 0 radical (unpaired) electrons. The lowest BCUT2D eigenvalue weighted by Gasteiger charge is -2.15. The molecule has 0 saturated heterocycles. The minimum absolute atomic E-state index is 0.159. The molecule has 0 bridgehead atoms. The summed E-state index contributed by atoms with van der Waals surface area (Å²) in [6.45, 7) is 0.552. The van der Waals surface area contributed by atoms with Crippen LogP contribution in [0.25, 0.3) is 33.3 Å². The van der Waals surface area contributed by atoms with E-state index in [0.717, 1.165) is 5.69 Å². The zero-order valence-electron chi connectivity index (χ0n) is 20.4. The van der Waals surface area contributed by atoms with Crippen molar-refractivity contribution in [3.05, 3.63) is 88.1 Å². The van der Waals surface area contributed by atoms with Gasteiger partial charge in [0.05, 0.1) is 17.7 Å². The summed E-state index contributed by atoms with van der Waals surface area (Å²) in [5.41, 5.74) is 3.54. The zero-order chi connectivity index (χ0) is 25.7. The molecule has 0 saturated carbocycles. The van der Waals surface area contributed by atoms with Crippen LogP contribution in [0.15, 0.2) is 75.9 Å². The van der Waals surface area contributed by atoms with Crippen molar-refractivity contribution in [2.45, 2.75) is 6.42 Å². The predicted octanol–water partition coefficient (Wildman–Crippen LogP) is 4.58. The van der Waals surface area contributed by atoms with Gasteiger partial charge in [-0.1, -0.05) is 12.1 Å². The molecule has 37 heavy (non-hydrogen) atoms. The number of carbonyl (C=O) groups is 2. The zero-order valence-corrected chi connectivity index (χ0v) is 20.4. The van der Waals surface area contributed by atoms with Crippen molar-refractivity contribution in [1.82, 2.24) is 9.88 Å². The number of carbonyl (C=O) groups excluding carboxylic acids is 2. The molecule has 3 aromatic carbocycles. The highest BCUT2D eigenvalue weighted by molar-refractivity contribution is 6.21. The van der Waals surface area contributed by atoms with Crippen LogP contribution >= 0.6 is 0 Å². The van der Waals surface area contributed by atoms with Gasteiger partial charge in [-0.2, -0.15) is 0 Å². The molecule has 8 heteroatoms. The van der Waals surface area contributed by atoms with Crippen molar-refractivity contribution in [2.75, 3.05) is 32.1 Å². The number of nitrogens with zero attached hydrogens (tertiary/aromatic N) is 3. The van der Waals surface area contributed by atoms with Gasteiger partial charge in [0, 0.05) is 49.2 Å². The largest absolute Gasteiger partial charge is 0.494 e. The van der Waals surface area contributed by atoms with Crippen LogP contribution in [0.2, 0.25) is 0 Å². The van der Waals surface area contributed by atoms with Crippen LogP contribution in [0, 0.1) is 0 Å². The monoisotopic (exact) mass is 493 g/mol. The van der Waals surface area contributed by atoms with E-state index in [9.17, 15) is 14.4 Å². The van der Waals surface area contributed by atoms with Gasteiger partial charge in [-0.3, -0.25) is 19.3 Å². The van der Waals surface area contributed by atoms with E-state index in [4.69, 9.17) is 14.1 Å². The summed E-state index contributed by atoms with van der Waals surface area (Å²) in [6, 6.07) is 19.3. The first-order valence-corrected chi connectivity index (χ1v) is 12.0. The first-order valence-electron chi connectivity index (χ1n) is 12.0. The number of fused-ring (bicyclic) bond motifs is 5. The number of anilines is 1. The second-order valence-electron chi connectivity index (χ2n) is 9.20. The molecule has 184 valence electrons. The standard InChI is InChI=1S/C29H23N3O5/c1-31(2)17-8-11-23-25(14-17)37-26-16-24(33)19-10-9-18(15-22(19)27(26)30-23)36-13-5-12-32-28(34)20-6-3-4-7-21(20)29(32)35/h3-4,6-11,14-16H,5,12-13H2,1-2H3. The maximum absolute atomic E-state index is 12.8. The van der Waals surface area contributed by atoms with Gasteiger partial charge in [0.25, 0.3) is 11.8 Å². The highest BCUT2D eigenvalue weighted by atomic mass is 16.5. The van der Waals surface area contributed by atoms with E-state index in [-0.39, 0.29) is 23.8 Å². The fourth-order valence-electron chi connectivity index (χ4n) is 4.66. The topological polar surface area (TPSA) is 93.0 Å². The lowest BCUT2D eigenvalue weighted by molar-refractivity contribution is 0.0646. The smallest absolute Gasteiger partial charge is 0.261 e. The Hall–Kier alpha value is -4.72. The normalized spacial score (nSPS) is 13.1. The van der Waals surface area contributed by atoms with Crippen LogP contribution in [0.3, 0.4) is 0 Å². The first kappa shape index (κ1) is 22.7. The molecule has 3 aromatic rings. The van der Waals surface area contributed by atoms with E-state index in [1.54, 1.807) is 42.5 Å². The lowest BCUT2D eigenvalue weighted by Crippen LogP contribution is -2.31. The highest BCUT2D eigenvalue weighted by Gasteiger charge is 2.34.